The van der Waals surface area contributed by atoms with Crippen LogP contribution in [0.4, 0.5) is 0 Å². The highest BCUT2D eigenvalue weighted by Crippen LogP contribution is 2.11. The van der Waals surface area contributed by atoms with Gasteiger partial charge in [0.1, 0.15) is 11.5 Å². The van der Waals surface area contributed by atoms with Crippen LogP contribution in [0.5, 0.6) is 5.75 Å². The van der Waals surface area contributed by atoms with Gasteiger partial charge in [-0.25, -0.2) is 0 Å². The van der Waals surface area contributed by atoms with E-state index in [4.69, 9.17) is 4.42 Å². The topological polar surface area (TPSA) is 62.5 Å². The molecule has 2 aromatic rings. The zero-order valence-electron chi connectivity index (χ0n) is 10.8. The molecule has 1 amide bonds. The van der Waals surface area contributed by atoms with E-state index < -0.39 is 0 Å². The maximum Gasteiger partial charge on any atom is 0.251 e. The largest absolute Gasteiger partial charge is 0.508 e. The Morgan fingerprint density at radius 3 is 2.89 bits per heavy atom. The number of aryl methyl sites for hydroxylation is 1. The van der Waals surface area contributed by atoms with Gasteiger partial charge in [-0.1, -0.05) is 6.07 Å². The Bertz CT molecular complexity index is 534. The molecule has 0 fully saturated rings. The number of aromatic hydroxyl groups is 1. The van der Waals surface area contributed by atoms with E-state index in [2.05, 4.69) is 5.32 Å². The van der Waals surface area contributed by atoms with Crippen LogP contribution in [0.2, 0.25) is 0 Å². The van der Waals surface area contributed by atoms with Gasteiger partial charge in [0.25, 0.3) is 5.91 Å². The van der Waals surface area contributed by atoms with E-state index in [9.17, 15) is 9.90 Å². The smallest absolute Gasteiger partial charge is 0.251 e. The Labute approximate surface area is 112 Å². The molecule has 0 radical (unpaired) electrons. The predicted molar refractivity (Wildman–Crippen MR) is 72.1 cm³/mol. The second-order valence-corrected chi connectivity index (χ2v) is 4.54. The lowest BCUT2D eigenvalue weighted by atomic mass is 10.1. The summed E-state index contributed by atoms with van der Waals surface area (Å²) in [5.74, 6) is 0.831. The fraction of sp³-hybridized carbons (Fsp3) is 0.267. The zero-order valence-corrected chi connectivity index (χ0v) is 10.8. The molecular weight excluding hydrogens is 242 g/mol. The third-order valence-electron chi connectivity index (χ3n) is 2.89. The van der Waals surface area contributed by atoms with Gasteiger partial charge >= 0.3 is 0 Å². The summed E-state index contributed by atoms with van der Waals surface area (Å²) >= 11 is 0. The van der Waals surface area contributed by atoms with Crippen LogP contribution >= 0.6 is 0 Å². The first-order valence-corrected chi connectivity index (χ1v) is 6.27. The highest BCUT2D eigenvalue weighted by molar-refractivity contribution is 5.94. The summed E-state index contributed by atoms with van der Waals surface area (Å²) in [7, 11) is 0. The minimum Gasteiger partial charge on any atom is -0.508 e. The number of furan rings is 1. The van der Waals surface area contributed by atoms with Crippen LogP contribution in [0.3, 0.4) is 0 Å². The first-order chi connectivity index (χ1) is 9.15. The molecular formula is C15H17NO3. The van der Waals surface area contributed by atoms with Crippen LogP contribution in [0.1, 0.15) is 29.5 Å². The van der Waals surface area contributed by atoms with Crippen molar-refractivity contribution in [3.05, 3.63) is 54.0 Å². The molecule has 1 aromatic carbocycles. The van der Waals surface area contributed by atoms with E-state index in [1.54, 1.807) is 18.4 Å². The van der Waals surface area contributed by atoms with Crippen molar-refractivity contribution in [2.45, 2.75) is 25.8 Å². The second-order valence-electron chi connectivity index (χ2n) is 4.54. The maximum absolute atomic E-state index is 11.9. The van der Waals surface area contributed by atoms with Crippen LogP contribution in [0.25, 0.3) is 0 Å². The standard InChI is InChI=1S/C15H17NO3/c1-11(7-8-14-6-3-9-19-14)16-15(18)12-4-2-5-13(17)10-12/h2-6,9-11,17H,7-8H2,1H3,(H,16,18). The number of carbonyl (C=O) groups excluding carboxylic acids is 1. The quantitative estimate of drug-likeness (QED) is 0.867. The fourth-order valence-electron chi connectivity index (χ4n) is 1.84. The summed E-state index contributed by atoms with van der Waals surface area (Å²) in [5.41, 5.74) is 0.463. The van der Waals surface area contributed by atoms with Gasteiger partial charge in [-0.05, 0) is 43.7 Å². The monoisotopic (exact) mass is 259 g/mol. The highest BCUT2D eigenvalue weighted by atomic mass is 16.3. The molecule has 4 heteroatoms. The molecule has 0 spiro atoms. The van der Waals surface area contributed by atoms with Crippen LogP contribution in [-0.2, 0) is 6.42 Å². The van der Waals surface area contributed by atoms with Crippen molar-refractivity contribution in [2.24, 2.45) is 0 Å². The molecule has 19 heavy (non-hydrogen) atoms. The number of hydrogen-bond donors (Lipinski definition) is 2. The third-order valence-corrected chi connectivity index (χ3v) is 2.89. The van der Waals surface area contributed by atoms with Crippen LogP contribution in [0, 0.1) is 0 Å². The summed E-state index contributed by atoms with van der Waals surface area (Å²) in [4.78, 5) is 11.9. The number of hydrogen-bond acceptors (Lipinski definition) is 3. The van der Waals surface area contributed by atoms with E-state index in [-0.39, 0.29) is 17.7 Å². The number of benzene rings is 1. The minimum atomic E-state index is -0.178. The van der Waals surface area contributed by atoms with Gasteiger partial charge < -0.3 is 14.8 Å². The number of amides is 1. The molecule has 1 unspecified atom stereocenters. The van der Waals surface area contributed by atoms with Gasteiger partial charge in [-0.3, -0.25) is 4.79 Å². The summed E-state index contributed by atoms with van der Waals surface area (Å²) in [6.07, 6.45) is 3.23. The molecule has 2 rings (SSSR count). The molecule has 0 saturated heterocycles. The Kier molecular flexibility index (Phi) is 4.23. The van der Waals surface area contributed by atoms with Crippen molar-refractivity contribution in [1.29, 1.82) is 0 Å². The predicted octanol–water partition coefficient (Wildman–Crippen LogP) is 2.74. The lowest BCUT2D eigenvalue weighted by Gasteiger charge is -2.13. The SMILES string of the molecule is CC(CCc1ccco1)NC(=O)c1cccc(O)c1. The molecule has 0 saturated carbocycles. The van der Waals surface area contributed by atoms with E-state index in [1.165, 1.54) is 12.1 Å². The highest BCUT2D eigenvalue weighted by Gasteiger charge is 2.10. The van der Waals surface area contributed by atoms with Gasteiger partial charge in [0.05, 0.1) is 6.26 Å². The Hall–Kier alpha value is -2.23. The first-order valence-electron chi connectivity index (χ1n) is 6.27. The minimum absolute atomic E-state index is 0.0416. The number of nitrogens with one attached hydrogen (secondary N) is 1. The van der Waals surface area contributed by atoms with Gasteiger partial charge in [-0.15, -0.1) is 0 Å². The average Bonchev–Trinajstić information content (AvgIpc) is 2.89. The average molecular weight is 259 g/mol. The van der Waals surface area contributed by atoms with Crippen molar-refractivity contribution in [1.82, 2.24) is 5.32 Å². The Morgan fingerprint density at radius 2 is 2.21 bits per heavy atom. The molecule has 100 valence electrons. The lowest BCUT2D eigenvalue weighted by Crippen LogP contribution is -2.32. The van der Waals surface area contributed by atoms with Crippen LogP contribution < -0.4 is 5.32 Å². The number of phenols is 1. The summed E-state index contributed by atoms with van der Waals surface area (Å²) in [5, 5.41) is 12.2. The molecule has 0 aliphatic heterocycles. The maximum atomic E-state index is 11.9. The molecule has 0 aliphatic rings. The van der Waals surface area contributed by atoms with E-state index in [0.29, 0.717) is 5.56 Å². The lowest BCUT2D eigenvalue weighted by molar-refractivity contribution is 0.0937. The van der Waals surface area contributed by atoms with E-state index >= 15 is 0 Å². The molecule has 0 bridgehead atoms. The fourth-order valence-corrected chi connectivity index (χ4v) is 1.84. The third kappa shape index (κ3) is 3.88. The molecule has 1 aromatic heterocycles. The number of rotatable bonds is 5. The van der Waals surface area contributed by atoms with E-state index in [0.717, 1.165) is 18.6 Å². The van der Waals surface area contributed by atoms with Crippen LogP contribution in [-0.4, -0.2) is 17.1 Å². The van der Waals surface area contributed by atoms with Crippen molar-refractivity contribution in [3.63, 3.8) is 0 Å². The van der Waals surface area contributed by atoms with Gasteiger partial charge in [0.15, 0.2) is 0 Å². The van der Waals surface area contributed by atoms with Crippen molar-refractivity contribution in [2.75, 3.05) is 0 Å². The van der Waals surface area contributed by atoms with E-state index in [1.807, 2.05) is 19.1 Å². The second kappa shape index (κ2) is 6.09. The van der Waals surface area contributed by atoms with Crippen LogP contribution in [0.15, 0.2) is 47.1 Å². The van der Waals surface area contributed by atoms with Gasteiger partial charge in [0.2, 0.25) is 0 Å². The summed E-state index contributed by atoms with van der Waals surface area (Å²) in [6.45, 7) is 1.95. The van der Waals surface area contributed by atoms with Gasteiger partial charge in [-0.2, -0.15) is 0 Å². The Balaban J connectivity index is 1.84. The molecule has 0 aliphatic carbocycles. The summed E-state index contributed by atoms with van der Waals surface area (Å²) in [6, 6.07) is 10.1. The van der Waals surface area contributed by atoms with Crippen molar-refractivity contribution in [3.8, 4) is 5.75 Å². The molecule has 1 heterocycles. The zero-order chi connectivity index (χ0) is 13.7. The molecule has 4 nitrogen and oxygen atoms in total. The van der Waals surface area contributed by atoms with Gasteiger partial charge in [0, 0.05) is 18.0 Å². The molecule has 2 N–H and O–H groups in total. The summed E-state index contributed by atoms with van der Waals surface area (Å²) < 4.78 is 5.24. The Morgan fingerprint density at radius 1 is 1.37 bits per heavy atom. The van der Waals surface area contributed by atoms with Crippen molar-refractivity contribution < 1.29 is 14.3 Å². The molecule has 1 atom stereocenters. The number of phenolic OH excluding ortho intramolecular Hbond substituents is 1. The number of carbonyl (C=O) groups is 1. The first kappa shape index (κ1) is 13.2. The van der Waals surface area contributed by atoms with Crippen molar-refractivity contribution >= 4 is 5.91 Å². The normalized spacial score (nSPS) is 12.1.